The molecule has 0 fully saturated rings. The molecule has 0 aliphatic carbocycles. The van der Waals surface area contributed by atoms with E-state index in [1.807, 2.05) is 30.3 Å². The van der Waals surface area contributed by atoms with Crippen molar-refractivity contribution in [2.45, 2.75) is 38.8 Å². The van der Waals surface area contributed by atoms with Gasteiger partial charge in [-0.1, -0.05) is 53.2 Å². The molecule has 0 aliphatic heterocycles. The van der Waals surface area contributed by atoms with Crippen molar-refractivity contribution in [2.75, 3.05) is 0 Å². The molecule has 2 nitrogen and oxygen atoms in total. The van der Waals surface area contributed by atoms with Gasteiger partial charge in [-0.25, -0.2) is 0 Å². The van der Waals surface area contributed by atoms with Gasteiger partial charge in [0.25, 0.3) is 0 Å². The van der Waals surface area contributed by atoms with Crippen LogP contribution in [-0.2, 0) is 6.42 Å². The van der Waals surface area contributed by atoms with E-state index in [-0.39, 0.29) is 12.1 Å². The van der Waals surface area contributed by atoms with Crippen LogP contribution in [0.3, 0.4) is 0 Å². The molecule has 0 bridgehead atoms. The average Bonchev–Trinajstić information content (AvgIpc) is 2.51. The van der Waals surface area contributed by atoms with Crippen molar-refractivity contribution in [3.05, 3.63) is 64.1 Å². The summed E-state index contributed by atoms with van der Waals surface area (Å²) in [7, 11) is 0. The Balaban J connectivity index is 2.12. The van der Waals surface area contributed by atoms with Crippen LogP contribution in [0.1, 0.15) is 37.5 Å². The maximum atomic E-state index is 6.05. The second-order valence-electron chi connectivity index (χ2n) is 5.30. The number of hydrogen-bond donors (Lipinski definition) is 1. The minimum absolute atomic E-state index is 0.0278. The van der Waals surface area contributed by atoms with Gasteiger partial charge in [-0.3, -0.25) is 0 Å². The lowest BCUT2D eigenvalue weighted by Crippen LogP contribution is -2.21. The molecule has 0 saturated heterocycles. The van der Waals surface area contributed by atoms with Gasteiger partial charge in [-0.05, 0) is 49.1 Å². The van der Waals surface area contributed by atoms with E-state index in [2.05, 4.69) is 48.0 Å². The summed E-state index contributed by atoms with van der Waals surface area (Å²) >= 11 is 3.59. The zero-order valence-electron chi connectivity index (χ0n) is 12.6. The zero-order valence-corrected chi connectivity index (χ0v) is 14.1. The summed E-state index contributed by atoms with van der Waals surface area (Å²) in [4.78, 5) is 0. The Labute approximate surface area is 135 Å². The van der Waals surface area contributed by atoms with Crippen molar-refractivity contribution < 1.29 is 4.74 Å². The van der Waals surface area contributed by atoms with Crippen LogP contribution >= 0.6 is 15.9 Å². The largest absolute Gasteiger partial charge is 0.486 e. The van der Waals surface area contributed by atoms with E-state index in [0.717, 1.165) is 23.1 Å². The Hall–Kier alpha value is -1.32. The fourth-order valence-corrected chi connectivity index (χ4v) is 2.61. The summed E-state index contributed by atoms with van der Waals surface area (Å²) in [5, 5.41) is 0. The molecule has 2 N–H and O–H groups in total. The second kappa shape index (κ2) is 7.62. The maximum absolute atomic E-state index is 6.05. The number of rotatable bonds is 6. The summed E-state index contributed by atoms with van der Waals surface area (Å²) in [6, 6.07) is 16.5. The van der Waals surface area contributed by atoms with Crippen LogP contribution < -0.4 is 10.5 Å². The zero-order chi connectivity index (χ0) is 15.2. The van der Waals surface area contributed by atoms with Crippen LogP contribution in [0.4, 0.5) is 0 Å². The summed E-state index contributed by atoms with van der Waals surface area (Å²) in [6.45, 7) is 4.17. The Morgan fingerprint density at radius 1 is 1.14 bits per heavy atom. The quantitative estimate of drug-likeness (QED) is 0.808. The van der Waals surface area contributed by atoms with Crippen LogP contribution in [0.25, 0.3) is 0 Å². The lowest BCUT2D eigenvalue weighted by Gasteiger charge is -2.17. The third-order valence-electron chi connectivity index (χ3n) is 3.61. The normalized spacial score (nSPS) is 13.7. The number of halogens is 1. The number of ether oxygens (including phenoxy) is 1. The summed E-state index contributed by atoms with van der Waals surface area (Å²) in [5.74, 6) is 0.882. The molecular weight excluding hydrogens is 326 g/mol. The lowest BCUT2D eigenvalue weighted by atomic mass is 10.0. The van der Waals surface area contributed by atoms with Gasteiger partial charge in [0.2, 0.25) is 0 Å². The smallest absolute Gasteiger partial charge is 0.121 e. The van der Waals surface area contributed by atoms with E-state index in [1.165, 1.54) is 11.1 Å². The first-order valence-corrected chi connectivity index (χ1v) is 8.15. The molecule has 2 aromatic rings. The van der Waals surface area contributed by atoms with Crippen molar-refractivity contribution in [1.29, 1.82) is 0 Å². The second-order valence-corrected chi connectivity index (χ2v) is 6.15. The van der Waals surface area contributed by atoms with Gasteiger partial charge >= 0.3 is 0 Å². The first-order chi connectivity index (χ1) is 10.1. The van der Waals surface area contributed by atoms with Gasteiger partial charge in [-0.15, -0.1) is 0 Å². The highest BCUT2D eigenvalue weighted by molar-refractivity contribution is 9.10. The van der Waals surface area contributed by atoms with Gasteiger partial charge in [0.05, 0.1) is 0 Å². The molecule has 0 amide bonds. The molecule has 2 aromatic carbocycles. The van der Waals surface area contributed by atoms with Crippen LogP contribution in [0, 0.1) is 0 Å². The fourth-order valence-electron chi connectivity index (χ4n) is 2.20. The van der Waals surface area contributed by atoms with Gasteiger partial charge in [0.1, 0.15) is 11.9 Å². The molecule has 3 heteroatoms. The van der Waals surface area contributed by atoms with Crippen LogP contribution in [0.15, 0.2) is 53.0 Å². The van der Waals surface area contributed by atoms with Crippen molar-refractivity contribution in [3.63, 3.8) is 0 Å². The molecule has 2 unspecified atom stereocenters. The van der Waals surface area contributed by atoms with Crippen LogP contribution in [-0.4, -0.2) is 6.04 Å². The first kappa shape index (κ1) is 16.1. The Morgan fingerprint density at radius 2 is 1.86 bits per heavy atom. The third kappa shape index (κ3) is 4.58. The van der Waals surface area contributed by atoms with Crippen molar-refractivity contribution >= 4 is 15.9 Å². The number of nitrogens with two attached hydrogens (primary N) is 1. The lowest BCUT2D eigenvalue weighted by molar-refractivity contribution is 0.226. The van der Waals surface area contributed by atoms with Crippen LogP contribution in [0.2, 0.25) is 0 Å². The minimum atomic E-state index is 0.0278. The van der Waals surface area contributed by atoms with E-state index in [0.29, 0.717) is 0 Å². The van der Waals surface area contributed by atoms with E-state index in [4.69, 9.17) is 10.5 Å². The maximum Gasteiger partial charge on any atom is 0.121 e. The van der Waals surface area contributed by atoms with Gasteiger partial charge < -0.3 is 10.5 Å². The predicted octanol–water partition coefficient (Wildman–Crippen LogP) is 4.87. The van der Waals surface area contributed by atoms with Crippen molar-refractivity contribution in [1.82, 2.24) is 0 Å². The standard InChI is InChI=1S/C18H22BrNO/c1-3-16(20)11-15-12-17(9-10-18(15)19)21-13(2)14-7-5-4-6-8-14/h4-10,12-13,16H,3,11,20H2,1-2H3. The summed E-state index contributed by atoms with van der Waals surface area (Å²) in [6.07, 6.45) is 1.85. The van der Waals surface area contributed by atoms with Gasteiger partial charge in [0.15, 0.2) is 0 Å². The SMILES string of the molecule is CCC(N)Cc1cc(OC(C)c2ccccc2)ccc1Br. The molecule has 0 aliphatic rings. The third-order valence-corrected chi connectivity index (χ3v) is 4.38. The molecule has 0 radical (unpaired) electrons. The Kier molecular flexibility index (Phi) is 5.83. The average molecular weight is 348 g/mol. The van der Waals surface area contributed by atoms with Crippen molar-refractivity contribution in [2.24, 2.45) is 5.73 Å². The van der Waals surface area contributed by atoms with Gasteiger partial charge in [-0.2, -0.15) is 0 Å². The summed E-state index contributed by atoms with van der Waals surface area (Å²) in [5.41, 5.74) is 8.42. The van der Waals surface area contributed by atoms with E-state index in [9.17, 15) is 0 Å². The molecule has 2 atom stereocenters. The molecule has 21 heavy (non-hydrogen) atoms. The number of benzene rings is 2. The molecule has 0 spiro atoms. The highest BCUT2D eigenvalue weighted by atomic mass is 79.9. The molecular formula is C18H22BrNO. The Morgan fingerprint density at radius 3 is 2.52 bits per heavy atom. The topological polar surface area (TPSA) is 35.2 Å². The van der Waals surface area contributed by atoms with E-state index < -0.39 is 0 Å². The molecule has 112 valence electrons. The van der Waals surface area contributed by atoms with E-state index in [1.54, 1.807) is 0 Å². The molecule has 0 aromatic heterocycles. The highest BCUT2D eigenvalue weighted by Crippen LogP contribution is 2.27. The van der Waals surface area contributed by atoms with Gasteiger partial charge in [0, 0.05) is 10.5 Å². The van der Waals surface area contributed by atoms with Crippen LogP contribution in [0.5, 0.6) is 5.75 Å². The predicted molar refractivity (Wildman–Crippen MR) is 91.6 cm³/mol. The number of hydrogen-bond acceptors (Lipinski definition) is 2. The van der Waals surface area contributed by atoms with Crippen molar-refractivity contribution in [3.8, 4) is 5.75 Å². The fraction of sp³-hybridized carbons (Fsp3) is 0.333. The Bertz CT molecular complexity index is 571. The molecule has 0 heterocycles. The first-order valence-electron chi connectivity index (χ1n) is 7.35. The highest BCUT2D eigenvalue weighted by Gasteiger charge is 2.10. The van der Waals surface area contributed by atoms with E-state index >= 15 is 0 Å². The molecule has 0 saturated carbocycles. The monoisotopic (exact) mass is 347 g/mol. The minimum Gasteiger partial charge on any atom is -0.486 e. The summed E-state index contributed by atoms with van der Waals surface area (Å²) < 4.78 is 7.14. The molecule has 2 rings (SSSR count).